The SMILES string of the molecule is CCCCCC=CCSC[C@@H]1COC[C@@H]1CCCCCCC(=O)O. The van der Waals surface area contributed by atoms with Gasteiger partial charge in [0.25, 0.3) is 0 Å². The molecule has 1 fully saturated rings. The maximum absolute atomic E-state index is 10.5. The Hall–Kier alpha value is -0.480. The normalized spacial score (nSPS) is 20.9. The van der Waals surface area contributed by atoms with Gasteiger partial charge in [0.05, 0.1) is 6.61 Å². The van der Waals surface area contributed by atoms with Crippen molar-refractivity contribution in [3.05, 3.63) is 12.2 Å². The minimum atomic E-state index is -0.671. The molecule has 1 aliphatic rings. The number of carboxylic acids is 1. The maximum Gasteiger partial charge on any atom is 0.303 e. The zero-order chi connectivity index (χ0) is 17.5. The molecule has 4 heteroatoms. The molecule has 24 heavy (non-hydrogen) atoms. The molecule has 0 radical (unpaired) electrons. The van der Waals surface area contributed by atoms with E-state index in [0.717, 1.165) is 38.2 Å². The lowest BCUT2D eigenvalue weighted by Gasteiger charge is -2.16. The molecule has 0 bridgehead atoms. The van der Waals surface area contributed by atoms with Gasteiger partial charge >= 0.3 is 5.97 Å². The number of carboxylic acid groups (broad SMARTS) is 1. The predicted molar refractivity (Wildman–Crippen MR) is 104 cm³/mol. The van der Waals surface area contributed by atoms with Gasteiger partial charge in [-0.3, -0.25) is 4.79 Å². The summed E-state index contributed by atoms with van der Waals surface area (Å²) < 4.78 is 5.69. The van der Waals surface area contributed by atoms with Crippen LogP contribution in [0.2, 0.25) is 0 Å². The van der Waals surface area contributed by atoms with Crippen LogP contribution in [0.15, 0.2) is 12.2 Å². The van der Waals surface area contributed by atoms with Crippen molar-refractivity contribution in [3.63, 3.8) is 0 Å². The van der Waals surface area contributed by atoms with Gasteiger partial charge in [-0.2, -0.15) is 11.8 Å². The average molecular weight is 357 g/mol. The summed E-state index contributed by atoms with van der Waals surface area (Å²) in [6.07, 6.45) is 15.6. The van der Waals surface area contributed by atoms with Gasteiger partial charge in [0.1, 0.15) is 0 Å². The molecule has 1 aliphatic heterocycles. The van der Waals surface area contributed by atoms with E-state index in [9.17, 15) is 4.79 Å². The Morgan fingerprint density at radius 2 is 1.88 bits per heavy atom. The molecule has 140 valence electrons. The van der Waals surface area contributed by atoms with E-state index in [1.807, 2.05) is 11.8 Å². The average Bonchev–Trinajstić information content (AvgIpc) is 3.00. The van der Waals surface area contributed by atoms with Gasteiger partial charge in [-0.1, -0.05) is 51.2 Å². The van der Waals surface area contributed by atoms with Gasteiger partial charge < -0.3 is 9.84 Å². The van der Waals surface area contributed by atoms with Crippen molar-refractivity contribution in [2.45, 2.75) is 71.1 Å². The van der Waals surface area contributed by atoms with Crippen LogP contribution in [-0.4, -0.2) is 35.8 Å². The van der Waals surface area contributed by atoms with E-state index in [4.69, 9.17) is 9.84 Å². The summed E-state index contributed by atoms with van der Waals surface area (Å²) in [6, 6.07) is 0. The minimum Gasteiger partial charge on any atom is -0.481 e. The maximum atomic E-state index is 10.5. The molecule has 0 amide bonds. The van der Waals surface area contributed by atoms with E-state index >= 15 is 0 Å². The Labute approximate surface area is 152 Å². The van der Waals surface area contributed by atoms with Crippen LogP contribution in [0.25, 0.3) is 0 Å². The molecule has 0 aliphatic carbocycles. The fraction of sp³-hybridized carbons (Fsp3) is 0.850. The molecule has 0 aromatic carbocycles. The first-order chi connectivity index (χ1) is 11.7. The van der Waals surface area contributed by atoms with Crippen LogP contribution in [-0.2, 0) is 9.53 Å². The second-order valence-electron chi connectivity index (χ2n) is 6.91. The van der Waals surface area contributed by atoms with E-state index in [1.165, 1.54) is 44.3 Å². The molecule has 0 spiro atoms. The third-order valence-electron chi connectivity index (χ3n) is 4.73. The lowest BCUT2D eigenvalue weighted by molar-refractivity contribution is -0.137. The fourth-order valence-electron chi connectivity index (χ4n) is 3.17. The van der Waals surface area contributed by atoms with Gasteiger partial charge in [-0.05, 0) is 43.3 Å². The second-order valence-corrected chi connectivity index (χ2v) is 7.98. The van der Waals surface area contributed by atoms with Crippen molar-refractivity contribution in [2.75, 3.05) is 24.7 Å². The molecule has 0 unspecified atom stereocenters. The van der Waals surface area contributed by atoms with Gasteiger partial charge in [-0.25, -0.2) is 0 Å². The first-order valence-electron chi connectivity index (χ1n) is 9.76. The van der Waals surface area contributed by atoms with Crippen LogP contribution >= 0.6 is 11.8 Å². The molecule has 0 aromatic heterocycles. The van der Waals surface area contributed by atoms with Crippen molar-refractivity contribution < 1.29 is 14.6 Å². The highest BCUT2D eigenvalue weighted by atomic mass is 32.2. The van der Waals surface area contributed by atoms with E-state index in [-0.39, 0.29) is 0 Å². The summed E-state index contributed by atoms with van der Waals surface area (Å²) in [5.74, 6) is 3.09. The van der Waals surface area contributed by atoms with Crippen molar-refractivity contribution >= 4 is 17.7 Å². The smallest absolute Gasteiger partial charge is 0.303 e. The van der Waals surface area contributed by atoms with Crippen LogP contribution in [0.4, 0.5) is 0 Å². The standard InChI is InChI=1S/C20H36O3S/c1-2-3-4-5-8-11-14-24-17-19-16-23-15-18(19)12-9-6-7-10-13-20(21)22/h8,11,18-19H,2-7,9-10,12-17H2,1H3,(H,21,22)/t18-,19-/m0/s1. The van der Waals surface area contributed by atoms with Crippen molar-refractivity contribution in [2.24, 2.45) is 11.8 Å². The number of rotatable bonds is 15. The number of allylic oxidation sites excluding steroid dienone is 1. The Morgan fingerprint density at radius 3 is 2.67 bits per heavy atom. The van der Waals surface area contributed by atoms with E-state index < -0.39 is 5.97 Å². The second kappa shape index (κ2) is 14.8. The van der Waals surface area contributed by atoms with Crippen LogP contribution in [0.5, 0.6) is 0 Å². The molecular weight excluding hydrogens is 320 g/mol. The third-order valence-corrected chi connectivity index (χ3v) is 5.83. The molecule has 0 saturated carbocycles. The molecule has 1 rings (SSSR count). The van der Waals surface area contributed by atoms with Crippen molar-refractivity contribution in [1.82, 2.24) is 0 Å². The van der Waals surface area contributed by atoms with Crippen molar-refractivity contribution in [1.29, 1.82) is 0 Å². The van der Waals surface area contributed by atoms with Gasteiger partial charge in [0.15, 0.2) is 0 Å². The lowest BCUT2D eigenvalue weighted by Crippen LogP contribution is -2.15. The summed E-state index contributed by atoms with van der Waals surface area (Å²) in [5.41, 5.74) is 0. The monoisotopic (exact) mass is 356 g/mol. The Bertz CT molecular complexity index is 344. The largest absolute Gasteiger partial charge is 0.481 e. The zero-order valence-electron chi connectivity index (χ0n) is 15.4. The zero-order valence-corrected chi connectivity index (χ0v) is 16.2. The number of aliphatic carboxylic acids is 1. The van der Waals surface area contributed by atoms with E-state index in [2.05, 4.69) is 19.1 Å². The summed E-state index contributed by atoms with van der Waals surface area (Å²) >= 11 is 2.04. The number of thioether (sulfide) groups is 1. The first-order valence-corrected chi connectivity index (χ1v) is 10.9. The van der Waals surface area contributed by atoms with Crippen LogP contribution in [0.1, 0.15) is 71.1 Å². The number of ether oxygens (including phenoxy) is 1. The quantitative estimate of drug-likeness (QED) is 0.309. The highest BCUT2D eigenvalue weighted by Crippen LogP contribution is 2.29. The number of carbonyl (C=O) groups is 1. The van der Waals surface area contributed by atoms with Gasteiger partial charge in [0, 0.05) is 18.8 Å². The summed E-state index contributed by atoms with van der Waals surface area (Å²) in [4.78, 5) is 10.5. The highest BCUT2D eigenvalue weighted by Gasteiger charge is 2.27. The van der Waals surface area contributed by atoms with Crippen LogP contribution < -0.4 is 0 Å². The lowest BCUT2D eigenvalue weighted by atomic mass is 9.92. The Morgan fingerprint density at radius 1 is 1.08 bits per heavy atom. The third kappa shape index (κ3) is 11.1. The first kappa shape index (κ1) is 21.6. The fourth-order valence-corrected chi connectivity index (χ4v) is 4.25. The summed E-state index contributed by atoms with van der Waals surface area (Å²) in [7, 11) is 0. The van der Waals surface area contributed by atoms with Gasteiger partial charge in [0.2, 0.25) is 0 Å². The number of hydrogen-bond acceptors (Lipinski definition) is 3. The molecular formula is C20H36O3S. The van der Waals surface area contributed by atoms with Crippen LogP contribution in [0.3, 0.4) is 0 Å². The molecule has 0 aromatic rings. The highest BCUT2D eigenvalue weighted by molar-refractivity contribution is 7.99. The molecule has 3 nitrogen and oxygen atoms in total. The van der Waals surface area contributed by atoms with Crippen LogP contribution in [0, 0.1) is 11.8 Å². The minimum absolute atomic E-state index is 0.317. The van der Waals surface area contributed by atoms with Crippen molar-refractivity contribution in [3.8, 4) is 0 Å². The van der Waals surface area contributed by atoms with Gasteiger partial charge in [-0.15, -0.1) is 0 Å². The predicted octanol–water partition coefficient (Wildman–Crippen LogP) is 5.54. The molecule has 1 saturated heterocycles. The number of unbranched alkanes of at least 4 members (excludes halogenated alkanes) is 6. The molecule has 1 heterocycles. The van der Waals surface area contributed by atoms with E-state index in [1.54, 1.807) is 0 Å². The summed E-state index contributed by atoms with van der Waals surface area (Å²) in [5, 5.41) is 8.63. The number of hydrogen-bond donors (Lipinski definition) is 1. The molecule has 1 N–H and O–H groups in total. The Kier molecular flexibility index (Phi) is 13.3. The topological polar surface area (TPSA) is 46.5 Å². The molecule has 2 atom stereocenters. The summed E-state index contributed by atoms with van der Waals surface area (Å²) in [6.45, 7) is 4.10. The van der Waals surface area contributed by atoms with E-state index in [0.29, 0.717) is 18.3 Å². The Balaban J connectivity index is 2.01.